The summed E-state index contributed by atoms with van der Waals surface area (Å²) in [5.41, 5.74) is -5.52. The molecule has 1 amide bonds. The van der Waals surface area contributed by atoms with Gasteiger partial charge in [-0.05, 0) is 42.1 Å². The normalized spacial score (nSPS) is 12.1. The Kier molecular flexibility index (Phi) is 6.42. The van der Waals surface area contributed by atoms with E-state index in [9.17, 15) is 26.7 Å². The van der Waals surface area contributed by atoms with E-state index in [4.69, 9.17) is 23.2 Å². The first-order valence-corrected chi connectivity index (χ1v) is 8.53. The summed E-state index contributed by atoms with van der Waals surface area (Å²) in [6, 6.07) is 8.22. The molecule has 0 fully saturated rings. The maximum Gasteiger partial charge on any atom is 0.446 e. The molecule has 0 aliphatic rings. The van der Waals surface area contributed by atoms with Crippen LogP contribution < -0.4 is 5.32 Å². The largest absolute Gasteiger partial charge is 0.446 e. The molecule has 0 unspecified atom stereocenters. The molecule has 2 nitrogen and oxygen atoms in total. The molecule has 0 atom stereocenters. The zero-order valence-electron chi connectivity index (χ0n) is 12.7. The van der Waals surface area contributed by atoms with Crippen molar-refractivity contribution >= 4 is 40.9 Å². The summed E-state index contributed by atoms with van der Waals surface area (Å²) in [7, 11) is 0. The Bertz CT molecular complexity index is 813. The summed E-state index contributed by atoms with van der Waals surface area (Å²) in [6.07, 6.45) is 0. The maximum absolute atomic E-state index is 14.3. The van der Waals surface area contributed by atoms with E-state index < -0.39 is 41.2 Å². The van der Waals surface area contributed by atoms with Gasteiger partial charge in [-0.2, -0.15) is 22.0 Å². The van der Waals surface area contributed by atoms with E-state index in [0.717, 1.165) is 24.3 Å². The van der Waals surface area contributed by atoms with E-state index >= 15 is 0 Å². The lowest BCUT2D eigenvalue weighted by Gasteiger charge is -2.19. The second kappa shape index (κ2) is 8.02. The smallest absolute Gasteiger partial charge is 0.346 e. The van der Waals surface area contributed by atoms with Gasteiger partial charge in [-0.3, -0.25) is 4.79 Å². The number of carbonyl (C=O) groups excluding carboxylic acids is 1. The molecule has 0 saturated carbocycles. The summed E-state index contributed by atoms with van der Waals surface area (Å²) in [4.78, 5) is 11.7. The highest BCUT2D eigenvalue weighted by Gasteiger charge is 2.35. The van der Waals surface area contributed by atoms with Gasteiger partial charge in [-0.15, -0.1) is 0 Å². The Balaban J connectivity index is 2.16. The lowest BCUT2D eigenvalue weighted by Crippen LogP contribution is -2.35. The molecule has 0 bridgehead atoms. The summed E-state index contributed by atoms with van der Waals surface area (Å²) >= 11 is 10.9. The molecule has 2 aromatic carbocycles. The fourth-order valence-corrected chi connectivity index (χ4v) is 3.25. The molecule has 0 aliphatic carbocycles. The number of halogens is 7. The van der Waals surface area contributed by atoms with Gasteiger partial charge in [0.15, 0.2) is 0 Å². The molecular formula is C16H10Cl2F5NOS. The summed E-state index contributed by atoms with van der Waals surface area (Å²) in [5.74, 6) is -4.59. The SMILES string of the molecule is O=C(NCC(F)(F)c1ccc(Cl)cc1Cl)c1ccccc1SC(F)(F)F. The topological polar surface area (TPSA) is 29.1 Å². The van der Waals surface area contributed by atoms with Gasteiger partial charge >= 0.3 is 5.51 Å². The van der Waals surface area contributed by atoms with Crippen LogP contribution in [0.3, 0.4) is 0 Å². The van der Waals surface area contributed by atoms with Crippen LogP contribution in [0.25, 0.3) is 0 Å². The number of rotatable bonds is 5. The summed E-state index contributed by atoms with van der Waals surface area (Å²) in [6.45, 7) is -1.14. The lowest BCUT2D eigenvalue weighted by atomic mass is 10.1. The van der Waals surface area contributed by atoms with Crippen LogP contribution in [0.1, 0.15) is 15.9 Å². The van der Waals surface area contributed by atoms with Crippen molar-refractivity contribution in [3.63, 3.8) is 0 Å². The van der Waals surface area contributed by atoms with E-state index in [-0.39, 0.29) is 20.5 Å². The number of amides is 1. The van der Waals surface area contributed by atoms with Gasteiger partial charge in [0.2, 0.25) is 0 Å². The number of thioether (sulfide) groups is 1. The minimum atomic E-state index is -4.61. The van der Waals surface area contributed by atoms with Crippen LogP contribution >= 0.6 is 35.0 Å². The molecule has 0 radical (unpaired) electrons. The van der Waals surface area contributed by atoms with E-state index in [0.29, 0.717) is 0 Å². The highest BCUT2D eigenvalue weighted by Crippen LogP contribution is 2.39. The third kappa shape index (κ3) is 5.49. The Hall–Kier alpha value is -1.51. The second-order valence-corrected chi connectivity index (χ2v) is 7.01. The molecule has 1 N–H and O–H groups in total. The summed E-state index contributed by atoms with van der Waals surface area (Å²) in [5, 5.41) is 1.82. The first kappa shape index (κ1) is 20.8. The molecule has 0 aromatic heterocycles. The number of benzene rings is 2. The van der Waals surface area contributed by atoms with Gasteiger partial charge in [0.1, 0.15) is 0 Å². The van der Waals surface area contributed by atoms with Gasteiger partial charge in [0, 0.05) is 15.5 Å². The minimum absolute atomic E-state index is 0.164. The fraction of sp³-hybridized carbons (Fsp3) is 0.188. The highest BCUT2D eigenvalue weighted by atomic mass is 35.5. The molecule has 2 rings (SSSR count). The van der Waals surface area contributed by atoms with E-state index in [1.54, 1.807) is 0 Å². The van der Waals surface area contributed by atoms with Gasteiger partial charge in [-0.1, -0.05) is 35.3 Å². The third-order valence-electron chi connectivity index (χ3n) is 3.15. The van der Waals surface area contributed by atoms with Gasteiger partial charge in [0.05, 0.1) is 17.1 Å². The Labute approximate surface area is 159 Å². The number of alkyl halides is 5. The van der Waals surface area contributed by atoms with Gasteiger partial charge < -0.3 is 5.32 Å². The standard InChI is InChI=1S/C16H10Cl2F5NOS/c17-9-5-6-11(12(18)7-9)15(19,20)8-24-14(25)10-3-1-2-4-13(10)26-16(21,22)23/h1-7H,8H2,(H,24,25). The lowest BCUT2D eigenvalue weighted by molar-refractivity contribution is -0.0328. The van der Waals surface area contributed by atoms with Crippen LogP contribution in [0.2, 0.25) is 10.0 Å². The van der Waals surface area contributed by atoms with Gasteiger partial charge in [-0.25, -0.2) is 0 Å². The second-order valence-electron chi connectivity index (χ2n) is 5.06. The van der Waals surface area contributed by atoms with E-state index in [1.807, 2.05) is 5.32 Å². The van der Waals surface area contributed by atoms with Crippen molar-refractivity contribution in [1.82, 2.24) is 5.32 Å². The number of hydrogen-bond acceptors (Lipinski definition) is 2. The number of carbonyl (C=O) groups is 1. The van der Waals surface area contributed by atoms with E-state index in [2.05, 4.69) is 0 Å². The van der Waals surface area contributed by atoms with Crippen LogP contribution in [0.15, 0.2) is 47.4 Å². The van der Waals surface area contributed by atoms with Crippen LogP contribution in [-0.2, 0) is 5.92 Å². The fourth-order valence-electron chi connectivity index (χ4n) is 2.04. The Morgan fingerprint density at radius 1 is 1.04 bits per heavy atom. The van der Waals surface area contributed by atoms with Crippen LogP contribution in [-0.4, -0.2) is 18.0 Å². The molecule has 10 heteroatoms. The van der Waals surface area contributed by atoms with Crippen LogP contribution in [0.4, 0.5) is 22.0 Å². The summed E-state index contributed by atoms with van der Waals surface area (Å²) < 4.78 is 66.2. The first-order valence-electron chi connectivity index (χ1n) is 6.96. The predicted octanol–water partition coefficient (Wildman–Crippen LogP) is 6.13. The van der Waals surface area contributed by atoms with E-state index in [1.165, 1.54) is 18.2 Å². The molecule has 0 spiro atoms. The molecular weight excluding hydrogens is 420 g/mol. The third-order valence-corrected chi connectivity index (χ3v) is 4.51. The van der Waals surface area contributed by atoms with Crippen molar-refractivity contribution in [2.75, 3.05) is 6.54 Å². The zero-order chi connectivity index (χ0) is 19.5. The molecule has 0 heterocycles. The Morgan fingerprint density at radius 3 is 2.31 bits per heavy atom. The molecule has 26 heavy (non-hydrogen) atoms. The monoisotopic (exact) mass is 429 g/mol. The van der Waals surface area contributed by atoms with Crippen molar-refractivity contribution in [1.29, 1.82) is 0 Å². The maximum atomic E-state index is 14.3. The molecule has 2 aromatic rings. The molecule has 0 aliphatic heterocycles. The van der Waals surface area contributed by atoms with Crippen molar-refractivity contribution in [2.45, 2.75) is 16.3 Å². The molecule has 140 valence electrons. The van der Waals surface area contributed by atoms with Crippen LogP contribution in [0, 0.1) is 0 Å². The van der Waals surface area contributed by atoms with Crippen molar-refractivity contribution in [3.05, 3.63) is 63.6 Å². The first-order chi connectivity index (χ1) is 12.0. The Morgan fingerprint density at radius 2 is 1.69 bits per heavy atom. The van der Waals surface area contributed by atoms with Crippen LogP contribution in [0.5, 0.6) is 0 Å². The average Bonchev–Trinajstić information content (AvgIpc) is 2.51. The zero-order valence-corrected chi connectivity index (χ0v) is 15.0. The van der Waals surface area contributed by atoms with Crippen molar-refractivity contribution in [2.24, 2.45) is 0 Å². The predicted molar refractivity (Wildman–Crippen MR) is 91.0 cm³/mol. The van der Waals surface area contributed by atoms with Gasteiger partial charge in [0.25, 0.3) is 11.8 Å². The van der Waals surface area contributed by atoms with Crippen molar-refractivity contribution < 1.29 is 26.7 Å². The van der Waals surface area contributed by atoms with Crippen molar-refractivity contribution in [3.8, 4) is 0 Å². The highest BCUT2D eigenvalue weighted by molar-refractivity contribution is 8.00. The average molecular weight is 430 g/mol. The number of hydrogen-bond donors (Lipinski definition) is 1. The number of nitrogens with one attached hydrogen (secondary N) is 1. The minimum Gasteiger partial charge on any atom is -0.346 e. The molecule has 0 saturated heterocycles. The quantitative estimate of drug-likeness (QED) is 0.457.